The second-order valence-corrected chi connectivity index (χ2v) is 14.7. The van der Waals surface area contributed by atoms with Gasteiger partial charge in [0, 0.05) is 46.5 Å². The molecular formula is C37H46O13. The van der Waals surface area contributed by atoms with Gasteiger partial charge in [-0.2, -0.15) is 0 Å². The van der Waals surface area contributed by atoms with Gasteiger partial charge in [-0.3, -0.25) is 24.0 Å². The molecule has 13 heteroatoms. The third-order valence-corrected chi connectivity index (χ3v) is 10.8. The van der Waals surface area contributed by atoms with Gasteiger partial charge >= 0.3 is 35.8 Å². The van der Waals surface area contributed by atoms with Crippen LogP contribution >= 0.6 is 0 Å². The molecule has 5 rings (SSSR count). The first-order valence-electron chi connectivity index (χ1n) is 16.8. The van der Waals surface area contributed by atoms with Gasteiger partial charge < -0.3 is 33.2 Å². The van der Waals surface area contributed by atoms with Crippen molar-refractivity contribution in [2.75, 3.05) is 6.61 Å². The predicted molar refractivity (Wildman–Crippen MR) is 173 cm³/mol. The summed E-state index contributed by atoms with van der Waals surface area (Å²) in [4.78, 5) is 78.6. The molecule has 2 saturated carbocycles. The van der Waals surface area contributed by atoms with Crippen LogP contribution in [0.15, 0.2) is 42.5 Å². The quantitative estimate of drug-likeness (QED) is 0.218. The molecule has 3 aliphatic carbocycles. The van der Waals surface area contributed by atoms with E-state index in [9.17, 15) is 28.8 Å². The molecule has 0 spiro atoms. The second kappa shape index (κ2) is 13.1. The summed E-state index contributed by atoms with van der Waals surface area (Å²) in [7, 11) is 0. The molecule has 1 saturated heterocycles. The van der Waals surface area contributed by atoms with Crippen LogP contribution in [-0.2, 0) is 57.1 Å². The van der Waals surface area contributed by atoms with Crippen molar-refractivity contribution in [2.24, 2.45) is 29.1 Å². The van der Waals surface area contributed by atoms with Gasteiger partial charge in [-0.15, -0.1) is 0 Å². The van der Waals surface area contributed by atoms with E-state index >= 15 is 0 Å². The summed E-state index contributed by atoms with van der Waals surface area (Å²) < 4.78 is 43.9. The van der Waals surface area contributed by atoms with E-state index < -0.39 is 106 Å². The zero-order valence-corrected chi connectivity index (χ0v) is 29.9. The maximum atomic E-state index is 14.1. The summed E-state index contributed by atoms with van der Waals surface area (Å²) >= 11 is 0. The molecule has 0 amide bonds. The number of benzene rings is 1. The van der Waals surface area contributed by atoms with Crippen LogP contribution in [-0.4, -0.2) is 83.6 Å². The number of rotatable bonds is 8. The number of esters is 6. The zero-order chi connectivity index (χ0) is 37.0. The molecule has 4 aliphatic rings. The van der Waals surface area contributed by atoms with Crippen molar-refractivity contribution >= 4 is 35.8 Å². The molecular weight excluding hydrogens is 652 g/mol. The minimum absolute atomic E-state index is 0.00507. The average molecular weight is 699 g/mol. The maximum absolute atomic E-state index is 14.1. The summed E-state index contributed by atoms with van der Waals surface area (Å²) in [5.74, 6) is -7.36. The lowest BCUT2D eigenvalue weighted by Crippen LogP contribution is -2.64. The fraction of sp³-hybridized carbons (Fsp3) is 0.622. The highest BCUT2D eigenvalue weighted by molar-refractivity contribution is 5.89. The molecule has 11 atom stereocenters. The first kappa shape index (κ1) is 37.0. The van der Waals surface area contributed by atoms with Gasteiger partial charge in [-0.1, -0.05) is 31.2 Å². The molecule has 0 radical (unpaired) electrons. The number of fused-ring (bicyclic) bond motifs is 1. The summed E-state index contributed by atoms with van der Waals surface area (Å²) in [6.07, 6.45) is -1.46. The van der Waals surface area contributed by atoms with Crippen LogP contribution in [0.1, 0.15) is 79.1 Å². The molecule has 1 aliphatic heterocycles. The molecule has 50 heavy (non-hydrogen) atoms. The fourth-order valence-electron chi connectivity index (χ4n) is 9.57. The Morgan fingerprint density at radius 1 is 0.800 bits per heavy atom. The summed E-state index contributed by atoms with van der Waals surface area (Å²) in [5.41, 5.74) is -5.93. The van der Waals surface area contributed by atoms with Crippen LogP contribution in [0.25, 0.3) is 0 Å². The molecule has 1 aromatic carbocycles. The van der Waals surface area contributed by atoms with Crippen molar-refractivity contribution in [1.29, 1.82) is 0 Å². The minimum atomic E-state index is -1.81. The highest BCUT2D eigenvalue weighted by atomic mass is 16.6. The normalized spacial score (nSPS) is 36.9. The van der Waals surface area contributed by atoms with Crippen molar-refractivity contribution in [3.05, 3.63) is 48.0 Å². The van der Waals surface area contributed by atoms with Crippen molar-refractivity contribution in [1.82, 2.24) is 0 Å². The van der Waals surface area contributed by atoms with E-state index in [1.807, 2.05) is 0 Å². The van der Waals surface area contributed by atoms with Crippen LogP contribution in [0.2, 0.25) is 0 Å². The second-order valence-electron chi connectivity index (χ2n) is 14.7. The zero-order valence-electron chi connectivity index (χ0n) is 29.9. The van der Waals surface area contributed by atoms with Crippen molar-refractivity contribution < 1.29 is 61.9 Å². The standard InChI is InChI=1S/C37H46O13/c1-19-17-37(50-24(6)42)28(29(19)46-21(3)39)31(47-22(4)40)36-18-44-35(9,33(37)48-32(43)25-13-11-10-12-14-25)30(36)26(34(7,8)49-23(5)41)15-16-27(36)45-20(2)38/h10-16,19,26-31,33H,17-18H2,1-9H3/t19-,26-,27+,28+,29+,30-,31+,33-,35+,36+,37+/m0/s1. The van der Waals surface area contributed by atoms with Crippen LogP contribution in [0.5, 0.6) is 0 Å². The summed E-state index contributed by atoms with van der Waals surface area (Å²) in [6, 6.07) is 8.23. The minimum Gasteiger partial charge on any atom is -0.462 e. The van der Waals surface area contributed by atoms with Gasteiger partial charge in [0.15, 0.2) is 11.7 Å². The number of carbonyl (C=O) groups excluding carboxylic acids is 6. The van der Waals surface area contributed by atoms with Crippen LogP contribution in [0.3, 0.4) is 0 Å². The van der Waals surface area contributed by atoms with Gasteiger partial charge in [0.2, 0.25) is 0 Å². The Bertz CT molecular complexity index is 1580. The molecule has 3 fully saturated rings. The van der Waals surface area contributed by atoms with Crippen molar-refractivity contribution in [3.8, 4) is 0 Å². The Balaban J connectivity index is 1.90. The van der Waals surface area contributed by atoms with E-state index in [-0.39, 0.29) is 18.6 Å². The lowest BCUT2D eigenvalue weighted by Gasteiger charge is -2.53. The van der Waals surface area contributed by atoms with E-state index in [0.29, 0.717) is 0 Å². The third kappa shape index (κ3) is 6.07. The fourth-order valence-corrected chi connectivity index (χ4v) is 9.57. The summed E-state index contributed by atoms with van der Waals surface area (Å²) in [5, 5.41) is 0. The summed E-state index contributed by atoms with van der Waals surface area (Å²) in [6.45, 7) is 12.9. The molecule has 0 N–H and O–H groups in total. The van der Waals surface area contributed by atoms with Crippen LogP contribution in [0, 0.1) is 29.1 Å². The van der Waals surface area contributed by atoms with E-state index in [0.717, 1.165) is 0 Å². The average Bonchev–Trinajstić information content (AvgIpc) is 3.43. The Hall–Kier alpha value is -4.26. The maximum Gasteiger partial charge on any atom is 0.338 e. The Morgan fingerprint density at radius 2 is 1.42 bits per heavy atom. The highest BCUT2D eigenvalue weighted by Gasteiger charge is 2.82. The first-order chi connectivity index (χ1) is 23.3. The Morgan fingerprint density at radius 3 is 1.98 bits per heavy atom. The number of hydrogen-bond acceptors (Lipinski definition) is 13. The van der Waals surface area contributed by atoms with Crippen molar-refractivity contribution in [2.45, 2.75) is 110 Å². The smallest absolute Gasteiger partial charge is 0.338 e. The SMILES string of the molecule is CC(=O)O[C@H]1[C@@H]2[C@@H](OC(C)=O)[C@@]34CO[C@@](C)([C@H](OC(=O)c5ccccc5)[C@@]2(OC(C)=O)C[C@@H]1C)[C@@H]3[C@@H](C(C)(C)OC(C)=O)C=C[C@H]4OC(C)=O. The molecule has 1 aromatic rings. The van der Waals surface area contributed by atoms with Crippen LogP contribution in [0.4, 0.5) is 0 Å². The molecule has 13 nitrogen and oxygen atoms in total. The topological polar surface area (TPSA) is 167 Å². The number of hydrogen-bond donors (Lipinski definition) is 0. The van der Waals surface area contributed by atoms with E-state index in [2.05, 4.69) is 0 Å². The van der Waals surface area contributed by atoms with Gasteiger partial charge in [0.1, 0.15) is 29.5 Å². The Labute approximate surface area is 291 Å². The van der Waals surface area contributed by atoms with Gasteiger partial charge in [0.25, 0.3) is 0 Å². The lowest BCUT2D eigenvalue weighted by atomic mass is 9.54. The van der Waals surface area contributed by atoms with E-state index in [4.69, 9.17) is 33.2 Å². The largest absolute Gasteiger partial charge is 0.462 e. The lowest BCUT2D eigenvalue weighted by molar-refractivity contribution is -0.239. The van der Waals surface area contributed by atoms with Crippen molar-refractivity contribution in [3.63, 3.8) is 0 Å². The van der Waals surface area contributed by atoms with Gasteiger partial charge in [0.05, 0.1) is 23.5 Å². The Kier molecular flexibility index (Phi) is 9.72. The molecule has 0 unspecified atom stereocenters. The predicted octanol–water partition coefficient (Wildman–Crippen LogP) is 3.90. The molecule has 272 valence electrons. The molecule has 1 heterocycles. The van der Waals surface area contributed by atoms with Crippen LogP contribution < -0.4 is 0 Å². The third-order valence-electron chi connectivity index (χ3n) is 10.8. The van der Waals surface area contributed by atoms with E-state index in [1.54, 1.807) is 70.2 Å². The monoisotopic (exact) mass is 698 g/mol. The number of ether oxygens (including phenoxy) is 7. The molecule has 0 aromatic heterocycles. The number of carbonyl (C=O) groups is 6. The van der Waals surface area contributed by atoms with Gasteiger partial charge in [-0.25, -0.2) is 4.79 Å². The molecule has 2 bridgehead atoms. The first-order valence-corrected chi connectivity index (χ1v) is 16.8. The van der Waals surface area contributed by atoms with E-state index in [1.165, 1.54) is 34.6 Å². The highest BCUT2D eigenvalue weighted by Crippen LogP contribution is 2.69. The van der Waals surface area contributed by atoms with Gasteiger partial charge in [-0.05, 0) is 51.3 Å².